The minimum absolute atomic E-state index is 0.765. The molecule has 0 spiro atoms. The van der Waals surface area contributed by atoms with Crippen LogP contribution in [0.1, 0.15) is 19.4 Å². The van der Waals surface area contributed by atoms with Crippen LogP contribution in [0.3, 0.4) is 0 Å². The van der Waals surface area contributed by atoms with Crippen molar-refractivity contribution in [3.8, 4) is 0 Å². The van der Waals surface area contributed by atoms with E-state index < -0.39 is 0 Å². The van der Waals surface area contributed by atoms with E-state index in [-0.39, 0.29) is 0 Å². The molecule has 1 fully saturated rings. The Balaban J connectivity index is 1.90. The van der Waals surface area contributed by atoms with Gasteiger partial charge in [0.15, 0.2) is 0 Å². The van der Waals surface area contributed by atoms with Gasteiger partial charge in [-0.25, -0.2) is 0 Å². The summed E-state index contributed by atoms with van der Waals surface area (Å²) >= 11 is 0. The molecule has 2 N–H and O–H groups in total. The van der Waals surface area contributed by atoms with E-state index in [0.29, 0.717) is 0 Å². The average Bonchev–Trinajstić information content (AvgIpc) is 2.58. The fraction of sp³-hybridized carbons (Fsp3) is 0.412. The molecule has 0 radical (unpaired) electrons. The van der Waals surface area contributed by atoms with Gasteiger partial charge in [0.25, 0.3) is 0 Å². The molecular formula is C17H24N4O. The van der Waals surface area contributed by atoms with E-state index in [1.165, 1.54) is 11.1 Å². The molecule has 1 saturated heterocycles. The second kappa shape index (κ2) is 6.85. The number of ether oxygens (including phenoxy) is 1. The van der Waals surface area contributed by atoms with Gasteiger partial charge in [0.2, 0.25) is 0 Å². The van der Waals surface area contributed by atoms with Gasteiger partial charge in [-0.05, 0) is 31.1 Å². The molecule has 22 heavy (non-hydrogen) atoms. The highest BCUT2D eigenvalue weighted by molar-refractivity contribution is 5.67. The van der Waals surface area contributed by atoms with Crippen LogP contribution in [0.2, 0.25) is 0 Å². The van der Waals surface area contributed by atoms with Crippen LogP contribution < -0.4 is 10.7 Å². The number of allylic oxidation sites excluding steroid dienone is 2. The van der Waals surface area contributed by atoms with Crippen molar-refractivity contribution in [1.82, 2.24) is 20.9 Å². The van der Waals surface area contributed by atoms with Crippen LogP contribution in [0.25, 0.3) is 5.70 Å². The summed E-state index contributed by atoms with van der Waals surface area (Å²) in [6, 6.07) is 10.4. The molecule has 118 valence electrons. The largest absolute Gasteiger partial charge is 0.379 e. The highest BCUT2D eigenvalue weighted by atomic mass is 16.5. The Labute approximate surface area is 132 Å². The number of morpholine rings is 1. The van der Waals surface area contributed by atoms with Crippen molar-refractivity contribution < 1.29 is 4.74 Å². The van der Waals surface area contributed by atoms with Gasteiger partial charge in [-0.1, -0.05) is 30.3 Å². The number of nitrogens with zero attached hydrogens (tertiary/aromatic N) is 2. The van der Waals surface area contributed by atoms with Crippen LogP contribution in [-0.2, 0) is 4.74 Å². The van der Waals surface area contributed by atoms with Crippen molar-refractivity contribution in [1.29, 1.82) is 0 Å². The van der Waals surface area contributed by atoms with Crippen LogP contribution in [-0.4, -0.2) is 43.0 Å². The molecule has 0 saturated carbocycles. The van der Waals surface area contributed by atoms with Crippen LogP contribution in [0.4, 0.5) is 0 Å². The summed E-state index contributed by atoms with van der Waals surface area (Å²) in [7, 11) is 0. The molecule has 2 heterocycles. The second-order valence-corrected chi connectivity index (χ2v) is 5.48. The molecule has 5 nitrogen and oxygen atoms in total. The molecule has 2 aliphatic rings. The van der Waals surface area contributed by atoms with Crippen molar-refractivity contribution in [2.45, 2.75) is 13.8 Å². The highest BCUT2D eigenvalue weighted by Gasteiger charge is 2.25. The van der Waals surface area contributed by atoms with Gasteiger partial charge in [0.1, 0.15) is 5.82 Å². The first kappa shape index (κ1) is 14.9. The number of hydrogen-bond acceptors (Lipinski definition) is 5. The molecular weight excluding hydrogens is 276 g/mol. The van der Waals surface area contributed by atoms with Crippen LogP contribution in [0, 0.1) is 0 Å². The first-order valence-corrected chi connectivity index (χ1v) is 7.91. The number of rotatable bonds is 4. The van der Waals surface area contributed by atoms with Gasteiger partial charge in [0.05, 0.1) is 18.9 Å². The van der Waals surface area contributed by atoms with Gasteiger partial charge in [-0.2, -0.15) is 10.1 Å². The predicted octanol–water partition coefficient (Wildman–Crippen LogP) is 1.94. The fourth-order valence-electron chi connectivity index (χ4n) is 2.77. The zero-order valence-corrected chi connectivity index (χ0v) is 13.3. The number of benzene rings is 1. The molecule has 0 bridgehead atoms. The Bertz CT molecular complexity index is 561. The summed E-state index contributed by atoms with van der Waals surface area (Å²) in [5.74, 6) is 1.11. The highest BCUT2D eigenvalue weighted by Crippen LogP contribution is 2.23. The van der Waals surface area contributed by atoms with Crippen LogP contribution >= 0.6 is 0 Å². The zero-order chi connectivity index (χ0) is 15.4. The molecule has 0 amide bonds. The lowest BCUT2D eigenvalue weighted by Gasteiger charge is -2.43. The van der Waals surface area contributed by atoms with E-state index in [9.17, 15) is 0 Å². The molecule has 2 aliphatic heterocycles. The van der Waals surface area contributed by atoms with Crippen molar-refractivity contribution in [2.24, 2.45) is 0 Å². The maximum absolute atomic E-state index is 5.48. The average molecular weight is 300 g/mol. The van der Waals surface area contributed by atoms with Gasteiger partial charge in [-0.15, -0.1) is 0 Å². The summed E-state index contributed by atoms with van der Waals surface area (Å²) < 4.78 is 5.48. The number of nitrogens with one attached hydrogen (secondary N) is 2. The van der Waals surface area contributed by atoms with E-state index in [4.69, 9.17) is 4.74 Å². The lowest BCUT2D eigenvalue weighted by atomic mass is 10.1. The third-order valence-electron chi connectivity index (χ3n) is 3.87. The first-order chi connectivity index (χ1) is 10.8. The molecule has 0 unspecified atom stereocenters. The lowest BCUT2D eigenvalue weighted by Crippen LogP contribution is -2.57. The van der Waals surface area contributed by atoms with Gasteiger partial charge < -0.3 is 10.1 Å². The van der Waals surface area contributed by atoms with Crippen molar-refractivity contribution in [3.63, 3.8) is 0 Å². The molecule has 0 aliphatic carbocycles. The topological polar surface area (TPSA) is 39.8 Å². The summed E-state index contributed by atoms with van der Waals surface area (Å²) in [4.78, 5) is 0. The molecule has 5 heteroatoms. The maximum Gasteiger partial charge on any atom is 0.141 e. The third-order valence-corrected chi connectivity index (χ3v) is 3.87. The van der Waals surface area contributed by atoms with E-state index >= 15 is 0 Å². The molecule has 0 atom stereocenters. The summed E-state index contributed by atoms with van der Waals surface area (Å²) in [5.41, 5.74) is 7.08. The van der Waals surface area contributed by atoms with Crippen LogP contribution in [0.15, 0.2) is 47.8 Å². The van der Waals surface area contributed by atoms with E-state index in [1.807, 2.05) is 6.07 Å². The predicted molar refractivity (Wildman–Crippen MR) is 88.2 cm³/mol. The fourth-order valence-corrected chi connectivity index (χ4v) is 2.77. The SMILES string of the molecule is CCNC1=C(C)C=C(c2ccccc2)NN1N1CCOCC1. The summed E-state index contributed by atoms with van der Waals surface area (Å²) in [5, 5.41) is 7.90. The Morgan fingerprint density at radius 3 is 2.59 bits per heavy atom. The lowest BCUT2D eigenvalue weighted by molar-refractivity contribution is -0.0923. The zero-order valence-electron chi connectivity index (χ0n) is 13.3. The first-order valence-electron chi connectivity index (χ1n) is 7.91. The minimum Gasteiger partial charge on any atom is -0.379 e. The standard InChI is InChI=1S/C17H24N4O/c1-3-18-17-14(2)13-16(15-7-5-4-6-8-15)19-21(17)20-9-11-22-12-10-20/h4-8,13,18-19H,3,9-12H2,1-2H3. The van der Waals surface area contributed by atoms with Crippen molar-refractivity contribution >= 4 is 5.70 Å². The van der Waals surface area contributed by atoms with Gasteiger partial charge >= 0.3 is 0 Å². The summed E-state index contributed by atoms with van der Waals surface area (Å²) in [6.07, 6.45) is 2.20. The van der Waals surface area contributed by atoms with E-state index in [2.05, 4.69) is 65.1 Å². The second-order valence-electron chi connectivity index (χ2n) is 5.48. The quantitative estimate of drug-likeness (QED) is 0.889. The molecule has 3 rings (SSSR count). The monoisotopic (exact) mass is 300 g/mol. The Morgan fingerprint density at radius 1 is 1.18 bits per heavy atom. The Morgan fingerprint density at radius 2 is 1.91 bits per heavy atom. The normalized spacial score (nSPS) is 19.7. The van der Waals surface area contributed by atoms with Gasteiger partial charge in [-0.3, -0.25) is 5.43 Å². The molecule has 0 aromatic heterocycles. The maximum atomic E-state index is 5.48. The van der Waals surface area contributed by atoms with Gasteiger partial charge in [0, 0.05) is 19.6 Å². The van der Waals surface area contributed by atoms with E-state index in [0.717, 1.165) is 44.4 Å². The number of hydrogen-bond donors (Lipinski definition) is 2. The van der Waals surface area contributed by atoms with Crippen molar-refractivity contribution in [3.05, 3.63) is 53.4 Å². The molecule has 1 aromatic rings. The van der Waals surface area contributed by atoms with Crippen molar-refractivity contribution in [2.75, 3.05) is 32.8 Å². The summed E-state index contributed by atoms with van der Waals surface area (Å²) in [6.45, 7) is 8.46. The minimum atomic E-state index is 0.765. The Hall–Kier alpha value is -1.98. The Kier molecular flexibility index (Phi) is 4.65. The number of hydrazine groups is 2. The smallest absolute Gasteiger partial charge is 0.141 e. The van der Waals surface area contributed by atoms with Crippen LogP contribution in [0.5, 0.6) is 0 Å². The molecule has 1 aromatic carbocycles. The van der Waals surface area contributed by atoms with E-state index in [1.54, 1.807) is 0 Å². The third kappa shape index (κ3) is 3.10.